The Bertz CT molecular complexity index is 329. The number of hydrogen-bond acceptors (Lipinski definition) is 4. The second-order valence-electron chi connectivity index (χ2n) is 4.45. The van der Waals surface area contributed by atoms with E-state index in [1.807, 2.05) is 0 Å². The quantitative estimate of drug-likeness (QED) is 0.831. The topological polar surface area (TPSA) is 29.0 Å². The molecule has 0 aromatic carbocycles. The molecule has 1 unspecified atom stereocenters. The Morgan fingerprint density at radius 1 is 1.38 bits per heavy atom. The molecule has 1 aromatic rings. The second-order valence-corrected chi connectivity index (χ2v) is 5.34. The second kappa shape index (κ2) is 5.82. The first-order chi connectivity index (χ1) is 7.81. The van der Waals surface area contributed by atoms with Crippen LogP contribution in [0.15, 0.2) is 0 Å². The van der Waals surface area contributed by atoms with Gasteiger partial charge in [0.05, 0.1) is 11.7 Å². The fourth-order valence-electron chi connectivity index (χ4n) is 2.44. The molecule has 90 valence electrons. The fraction of sp³-hybridized carbons (Fsp3) is 0.818. The Hall–Kier alpha value is -0.350. The Labute approximate surface area is 106 Å². The Morgan fingerprint density at radius 3 is 2.94 bits per heavy atom. The number of rotatable bonds is 3. The van der Waals surface area contributed by atoms with E-state index in [1.54, 1.807) is 0 Å². The van der Waals surface area contributed by atoms with Crippen molar-refractivity contribution in [3.05, 3.63) is 5.15 Å². The van der Waals surface area contributed by atoms with Gasteiger partial charge in [-0.05, 0) is 25.2 Å². The zero-order valence-corrected chi connectivity index (χ0v) is 11.2. The highest BCUT2D eigenvalue weighted by Gasteiger charge is 2.20. The molecule has 0 spiro atoms. The molecule has 0 radical (unpaired) electrons. The first-order valence-electron chi connectivity index (χ1n) is 6.04. The van der Waals surface area contributed by atoms with Crippen molar-refractivity contribution in [3.63, 3.8) is 0 Å². The van der Waals surface area contributed by atoms with Gasteiger partial charge in [0.15, 0.2) is 11.0 Å². The molecule has 1 saturated heterocycles. The predicted molar refractivity (Wildman–Crippen MR) is 69.4 cm³/mol. The normalized spacial score (nSPS) is 22.1. The van der Waals surface area contributed by atoms with E-state index in [4.69, 9.17) is 11.6 Å². The molecule has 1 atom stereocenters. The van der Waals surface area contributed by atoms with E-state index in [0.717, 1.165) is 24.8 Å². The molecule has 0 N–H and O–H groups in total. The van der Waals surface area contributed by atoms with Gasteiger partial charge in [0, 0.05) is 13.1 Å². The minimum absolute atomic E-state index is 0.568. The van der Waals surface area contributed by atoms with Crippen LogP contribution in [0.25, 0.3) is 0 Å². The SMILES string of the molecule is CCCC1CCCN(c2nsnc2Cl)CC1. The van der Waals surface area contributed by atoms with E-state index < -0.39 is 0 Å². The largest absolute Gasteiger partial charge is 0.353 e. The third-order valence-electron chi connectivity index (χ3n) is 3.28. The summed E-state index contributed by atoms with van der Waals surface area (Å²) in [7, 11) is 0. The summed E-state index contributed by atoms with van der Waals surface area (Å²) in [6, 6.07) is 0. The maximum Gasteiger partial charge on any atom is 0.187 e. The van der Waals surface area contributed by atoms with Crippen LogP contribution in [0.3, 0.4) is 0 Å². The van der Waals surface area contributed by atoms with Crippen molar-refractivity contribution in [2.24, 2.45) is 5.92 Å². The monoisotopic (exact) mass is 259 g/mol. The molecular formula is C11H18ClN3S. The highest BCUT2D eigenvalue weighted by molar-refractivity contribution is 6.99. The van der Waals surface area contributed by atoms with E-state index in [1.165, 1.54) is 43.8 Å². The molecule has 0 bridgehead atoms. The highest BCUT2D eigenvalue weighted by Crippen LogP contribution is 2.28. The number of halogens is 1. The lowest BCUT2D eigenvalue weighted by molar-refractivity contribution is 0.435. The molecule has 3 nitrogen and oxygen atoms in total. The van der Waals surface area contributed by atoms with Crippen LogP contribution in [0.2, 0.25) is 5.15 Å². The molecule has 5 heteroatoms. The van der Waals surface area contributed by atoms with Crippen molar-refractivity contribution in [3.8, 4) is 0 Å². The van der Waals surface area contributed by atoms with Gasteiger partial charge in [0.2, 0.25) is 0 Å². The molecule has 1 fully saturated rings. The van der Waals surface area contributed by atoms with Gasteiger partial charge in [-0.15, -0.1) is 0 Å². The standard InChI is InChI=1S/C11H18ClN3S/c1-2-4-9-5-3-7-15(8-6-9)11-10(12)13-16-14-11/h9H,2-8H2,1H3. The van der Waals surface area contributed by atoms with Gasteiger partial charge in [0.25, 0.3) is 0 Å². The van der Waals surface area contributed by atoms with E-state index in [9.17, 15) is 0 Å². The molecular weight excluding hydrogens is 242 g/mol. The lowest BCUT2D eigenvalue weighted by Gasteiger charge is -2.19. The highest BCUT2D eigenvalue weighted by atomic mass is 35.5. The van der Waals surface area contributed by atoms with Crippen LogP contribution in [0.4, 0.5) is 5.82 Å². The van der Waals surface area contributed by atoms with Crippen LogP contribution in [0.5, 0.6) is 0 Å². The molecule has 2 heterocycles. The van der Waals surface area contributed by atoms with Crippen LogP contribution in [-0.4, -0.2) is 21.8 Å². The summed E-state index contributed by atoms with van der Waals surface area (Å²) in [5.41, 5.74) is 0. The van der Waals surface area contributed by atoms with Crippen molar-refractivity contribution in [1.82, 2.24) is 8.75 Å². The van der Waals surface area contributed by atoms with Crippen LogP contribution in [0.1, 0.15) is 39.0 Å². The third kappa shape index (κ3) is 2.86. The van der Waals surface area contributed by atoms with E-state index in [2.05, 4.69) is 20.6 Å². The summed E-state index contributed by atoms with van der Waals surface area (Å²) in [5, 5.41) is 0.568. The summed E-state index contributed by atoms with van der Waals surface area (Å²) < 4.78 is 8.31. The van der Waals surface area contributed by atoms with Crippen LogP contribution >= 0.6 is 23.3 Å². The van der Waals surface area contributed by atoms with E-state index in [-0.39, 0.29) is 0 Å². The summed E-state index contributed by atoms with van der Waals surface area (Å²) in [6.07, 6.45) is 6.51. The lowest BCUT2D eigenvalue weighted by atomic mass is 9.96. The van der Waals surface area contributed by atoms with Crippen LogP contribution in [-0.2, 0) is 0 Å². The zero-order valence-electron chi connectivity index (χ0n) is 9.65. The number of hydrogen-bond donors (Lipinski definition) is 0. The van der Waals surface area contributed by atoms with E-state index >= 15 is 0 Å². The molecule has 1 aliphatic heterocycles. The van der Waals surface area contributed by atoms with Crippen LogP contribution in [0, 0.1) is 5.92 Å². The Balaban J connectivity index is 1.96. The first-order valence-corrected chi connectivity index (χ1v) is 7.15. The molecule has 1 aromatic heterocycles. The van der Waals surface area contributed by atoms with E-state index in [0.29, 0.717) is 5.15 Å². The number of nitrogens with zero attached hydrogens (tertiary/aromatic N) is 3. The van der Waals surface area contributed by atoms with Crippen molar-refractivity contribution < 1.29 is 0 Å². The average Bonchev–Trinajstić information content (AvgIpc) is 2.57. The molecule has 0 aliphatic carbocycles. The first kappa shape index (κ1) is 12.1. The van der Waals surface area contributed by atoms with Gasteiger partial charge in [-0.2, -0.15) is 8.75 Å². The molecule has 1 aliphatic rings. The van der Waals surface area contributed by atoms with Crippen molar-refractivity contribution in [2.75, 3.05) is 18.0 Å². The molecule has 2 rings (SSSR count). The third-order valence-corrected chi connectivity index (χ3v) is 4.15. The predicted octanol–water partition coefficient (Wildman–Crippen LogP) is 3.60. The summed E-state index contributed by atoms with van der Waals surface area (Å²) in [5.74, 6) is 1.78. The lowest BCUT2D eigenvalue weighted by Crippen LogP contribution is -2.24. The molecule has 0 saturated carbocycles. The molecule has 0 amide bonds. The number of aromatic nitrogens is 2. The fourth-order valence-corrected chi connectivity index (χ4v) is 3.21. The number of anilines is 1. The van der Waals surface area contributed by atoms with Gasteiger partial charge < -0.3 is 4.90 Å². The summed E-state index contributed by atoms with van der Waals surface area (Å²) in [6.45, 7) is 4.42. The average molecular weight is 260 g/mol. The smallest absolute Gasteiger partial charge is 0.187 e. The van der Waals surface area contributed by atoms with Gasteiger partial charge in [-0.1, -0.05) is 31.4 Å². The molecule has 16 heavy (non-hydrogen) atoms. The maximum absolute atomic E-state index is 6.02. The summed E-state index contributed by atoms with van der Waals surface area (Å²) >= 11 is 7.22. The maximum atomic E-state index is 6.02. The van der Waals surface area contributed by atoms with Gasteiger partial charge in [-0.3, -0.25) is 0 Å². The zero-order chi connectivity index (χ0) is 11.4. The Kier molecular flexibility index (Phi) is 4.41. The minimum Gasteiger partial charge on any atom is -0.353 e. The van der Waals surface area contributed by atoms with Gasteiger partial charge >= 0.3 is 0 Å². The van der Waals surface area contributed by atoms with Crippen molar-refractivity contribution in [2.45, 2.75) is 39.0 Å². The van der Waals surface area contributed by atoms with Crippen molar-refractivity contribution in [1.29, 1.82) is 0 Å². The van der Waals surface area contributed by atoms with Gasteiger partial charge in [-0.25, -0.2) is 0 Å². The van der Waals surface area contributed by atoms with Crippen LogP contribution < -0.4 is 4.90 Å². The van der Waals surface area contributed by atoms with Gasteiger partial charge in [0.1, 0.15) is 0 Å². The van der Waals surface area contributed by atoms with Crippen molar-refractivity contribution >= 4 is 29.1 Å². The minimum atomic E-state index is 0.568. The summed E-state index contributed by atoms with van der Waals surface area (Å²) in [4.78, 5) is 2.29. The Morgan fingerprint density at radius 2 is 2.25 bits per heavy atom.